The van der Waals surface area contributed by atoms with Gasteiger partial charge in [0.05, 0.1) is 0 Å². The van der Waals surface area contributed by atoms with E-state index in [2.05, 4.69) is 5.32 Å². The van der Waals surface area contributed by atoms with E-state index in [0.29, 0.717) is 25.0 Å². The number of hydrogen-bond donors (Lipinski definition) is 1. The summed E-state index contributed by atoms with van der Waals surface area (Å²) in [5, 5.41) is 2.26. The van der Waals surface area contributed by atoms with Crippen LogP contribution in [0.5, 0.6) is 0 Å². The molecule has 2 rings (SSSR count). The van der Waals surface area contributed by atoms with Crippen molar-refractivity contribution < 1.29 is 14.4 Å². The summed E-state index contributed by atoms with van der Waals surface area (Å²) >= 11 is 0. The van der Waals surface area contributed by atoms with Gasteiger partial charge in [-0.15, -0.1) is 0 Å². The molecule has 0 aliphatic carbocycles. The number of amides is 3. The Morgan fingerprint density at radius 2 is 2.18 bits per heavy atom. The second kappa shape index (κ2) is 4.53. The number of nitrogens with one attached hydrogen (secondary N) is 1. The van der Waals surface area contributed by atoms with Crippen molar-refractivity contribution in [1.29, 1.82) is 0 Å². The van der Waals surface area contributed by atoms with Gasteiger partial charge in [-0.3, -0.25) is 19.7 Å². The second-order valence-corrected chi connectivity index (χ2v) is 4.08. The molecule has 1 N–H and O–H groups in total. The van der Waals surface area contributed by atoms with E-state index in [1.165, 1.54) is 4.90 Å². The smallest absolute Gasteiger partial charge is 0.254 e. The van der Waals surface area contributed by atoms with E-state index < -0.39 is 6.04 Å². The van der Waals surface area contributed by atoms with Crippen LogP contribution in [0.1, 0.15) is 19.8 Å². The van der Waals surface area contributed by atoms with E-state index in [0.717, 1.165) is 0 Å². The summed E-state index contributed by atoms with van der Waals surface area (Å²) in [6.07, 6.45) is 6.02. The molecule has 1 saturated heterocycles. The molecule has 0 aromatic carbocycles. The van der Waals surface area contributed by atoms with Crippen molar-refractivity contribution in [3.63, 3.8) is 0 Å². The van der Waals surface area contributed by atoms with E-state index in [1.54, 1.807) is 18.2 Å². The van der Waals surface area contributed by atoms with Crippen molar-refractivity contribution >= 4 is 17.7 Å². The molecule has 3 amide bonds. The van der Waals surface area contributed by atoms with Crippen molar-refractivity contribution in [3.8, 4) is 0 Å². The standard InChI is InChI=1S/C12H14N2O3/c1-2-3-8-6-7-14(12(8)17)9-4-5-10(15)13-11(9)16/h2-3,6,9H,4-5,7H2,1H3,(H,13,15,16)/b3-2-. The topological polar surface area (TPSA) is 66.5 Å². The minimum absolute atomic E-state index is 0.141. The van der Waals surface area contributed by atoms with Crippen LogP contribution >= 0.6 is 0 Å². The summed E-state index contributed by atoms with van der Waals surface area (Å²) < 4.78 is 0. The summed E-state index contributed by atoms with van der Waals surface area (Å²) in [6.45, 7) is 2.27. The van der Waals surface area contributed by atoms with Crippen LogP contribution in [0.15, 0.2) is 23.8 Å². The zero-order valence-corrected chi connectivity index (χ0v) is 9.60. The molecule has 5 heteroatoms. The number of piperidine rings is 1. The Morgan fingerprint density at radius 3 is 2.82 bits per heavy atom. The first kappa shape index (κ1) is 11.6. The first-order chi connectivity index (χ1) is 8.13. The highest BCUT2D eigenvalue weighted by Crippen LogP contribution is 2.20. The molecule has 2 aliphatic rings. The molecule has 0 saturated carbocycles. The zero-order chi connectivity index (χ0) is 12.4. The van der Waals surface area contributed by atoms with Gasteiger partial charge in [0.1, 0.15) is 6.04 Å². The fourth-order valence-corrected chi connectivity index (χ4v) is 2.10. The summed E-state index contributed by atoms with van der Waals surface area (Å²) in [6, 6.07) is -0.515. The highest BCUT2D eigenvalue weighted by atomic mass is 16.2. The SMILES string of the molecule is C/C=C\C1=CCN(C2CCC(=O)NC2=O)C1=O. The molecule has 1 unspecified atom stereocenters. The minimum Gasteiger partial charge on any atom is -0.323 e. The van der Waals surface area contributed by atoms with Crippen molar-refractivity contribution in [2.24, 2.45) is 0 Å². The van der Waals surface area contributed by atoms with E-state index in [4.69, 9.17) is 0 Å². The predicted octanol–water partition coefficient (Wildman–Crippen LogP) is 0.136. The van der Waals surface area contributed by atoms with Crippen LogP contribution in [0.2, 0.25) is 0 Å². The van der Waals surface area contributed by atoms with E-state index in [-0.39, 0.29) is 17.7 Å². The van der Waals surface area contributed by atoms with Gasteiger partial charge in [-0.05, 0) is 13.3 Å². The highest BCUT2D eigenvalue weighted by Gasteiger charge is 2.36. The summed E-state index contributed by atoms with van der Waals surface area (Å²) in [7, 11) is 0. The van der Waals surface area contributed by atoms with Crippen molar-refractivity contribution in [1.82, 2.24) is 10.2 Å². The molecule has 1 atom stereocenters. The molecular formula is C12H14N2O3. The summed E-state index contributed by atoms with van der Waals surface area (Å²) in [4.78, 5) is 36.1. The summed E-state index contributed by atoms with van der Waals surface area (Å²) in [5.41, 5.74) is 0.609. The van der Waals surface area contributed by atoms with E-state index in [9.17, 15) is 14.4 Å². The van der Waals surface area contributed by atoms with Crippen molar-refractivity contribution in [3.05, 3.63) is 23.8 Å². The third-order valence-electron chi connectivity index (χ3n) is 2.95. The van der Waals surface area contributed by atoms with Gasteiger partial charge in [-0.25, -0.2) is 0 Å². The molecule has 5 nitrogen and oxygen atoms in total. The number of rotatable bonds is 2. The number of nitrogens with zero attached hydrogens (tertiary/aromatic N) is 1. The Kier molecular flexibility index (Phi) is 3.08. The van der Waals surface area contributed by atoms with Gasteiger partial charge in [0.2, 0.25) is 11.8 Å². The molecule has 1 fully saturated rings. The van der Waals surface area contributed by atoms with Crippen LogP contribution in [0.25, 0.3) is 0 Å². The molecule has 2 aliphatic heterocycles. The van der Waals surface area contributed by atoms with E-state index >= 15 is 0 Å². The zero-order valence-electron chi connectivity index (χ0n) is 9.60. The molecule has 2 heterocycles. The van der Waals surface area contributed by atoms with E-state index in [1.807, 2.05) is 6.92 Å². The minimum atomic E-state index is -0.515. The Labute approximate surface area is 99.2 Å². The molecular weight excluding hydrogens is 220 g/mol. The largest absolute Gasteiger partial charge is 0.323 e. The lowest BCUT2D eigenvalue weighted by Crippen LogP contribution is -2.53. The fraction of sp³-hybridized carbons (Fsp3) is 0.417. The number of carbonyl (C=O) groups excluding carboxylic acids is 3. The van der Waals surface area contributed by atoms with Crippen LogP contribution in [0, 0.1) is 0 Å². The molecule has 0 aromatic heterocycles. The number of allylic oxidation sites excluding steroid dienone is 1. The van der Waals surface area contributed by atoms with Crippen molar-refractivity contribution in [2.75, 3.05) is 6.54 Å². The Hall–Kier alpha value is -1.91. The lowest BCUT2D eigenvalue weighted by Gasteiger charge is -2.29. The number of carbonyl (C=O) groups is 3. The predicted molar refractivity (Wildman–Crippen MR) is 60.8 cm³/mol. The maximum absolute atomic E-state index is 12.0. The molecule has 90 valence electrons. The average molecular weight is 234 g/mol. The Bertz CT molecular complexity index is 437. The number of imide groups is 1. The third kappa shape index (κ3) is 2.13. The first-order valence-electron chi connectivity index (χ1n) is 5.61. The monoisotopic (exact) mass is 234 g/mol. The van der Waals surface area contributed by atoms with Gasteiger partial charge in [-0.1, -0.05) is 18.2 Å². The quantitative estimate of drug-likeness (QED) is 0.691. The molecule has 0 spiro atoms. The van der Waals surface area contributed by atoms with Crippen LogP contribution in [0.4, 0.5) is 0 Å². The normalized spacial score (nSPS) is 25.5. The molecule has 0 aromatic rings. The maximum atomic E-state index is 12.0. The molecule has 0 radical (unpaired) electrons. The number of hydrogen-bond acceptors (Lipinski definition) is 3. The summed E-state index contributed by atoms with van der Waals surface area (Å²) in [5.74, 6) is -0.776. The maximum Gasteiger partial charge on any atom is 0.254 e. The lowest BCUT2D eigenvalue weighted by atomic mass is 10.0. The third-order valence-corrected chi connectivity index (χ3v) is 2.95. The van der Waals surface area contributed by atoms with Crippen LogP contribution in [0.3, 0.4) is 0 Å². The second-order valence-electron chi connectivity index (χ2n) is 4.08. The van der Waals surface area contributed by atoms with Gasteiger partial charge >= 0.3 is 0 Å². The van der Waals surface area contributed by atoms with Gasteiger partial charge in [0, 0.05) is 18.5 Å². The van der Waals surface area contributed by atoms with Crippen molar-refractivity contribution in [2.45, 2.75) is 25.8 Å². The first-order valence-corrected chi connectivity index (χ1v) is 5.61. The average Bonchev–Trinajstić information content (AvgIpc) is 2.62. The molecule has 17 heavy (non-hydrogen) atoms. The van der Waals surface area contributed by atoms with Gasteiger partial charge in [0.15, 0.2) is 0 Å². The lowest BCUT2D eigenvalue weighted by molar-refractivity contribution is -0.142. The van der Waals surface area contributed by atoms with Crippen LogP contribution < -0.4 is 5.32 Å². The Balaban J connectivity index is 2.09. The molecule has 0 bridgehead atoms. The van der Waals surface area contributed by atoms with Crippen LogP contribution in [-0.4, -0.2) is 35.2 Å². The van der Waals surface area contributed by atoms with Gasteiger partial charge in [0.25, 0.3) is 5.91 Å². The van der Waals surface area contributed by atoms with Crippen LogP contribution in [-0.2, 0) is 14.4 Å². The Morgan fingerprint density at radius 1 is 1.41 bits per heavy atom. The van der Waals surface area contributed by atoms with Gasteiger partial charge < -0.3 is 4.90 Å². The van der Waals surface area contributed by atoms with Gasteiger partial charge in [-0.2, -0.15) is 0 Å². The highest BCUT2D eigenvalue weighted by molar-refractivity contribution is 6.05. The fourth-order valence-electron chi connectivity index (χ4n) is 2.10.